The Morgan fingerprint density at radius 3 is 2.83 bits per heavy atom. The van der Waals surface area contributed by atoms with E-state index >= 15 is 0 Å². The number of furan rings is 1. The van der Waals surface area contributed by atoms with E-state index in [1.165, 1.54) is 0 Å². The van der Waals surface area contributed by atoms with Crippen LogP contribution in [0, 0.1) is 6.92 Å². The average molecular weight is 486 g/mol. The summed E-state index contributed by atoms with van der Waals surface area (Å²) in [7, 11) is 1.57. The van der Waals surface area contributed by atoms with Gasteiger partial charge in [-0.1, -0.05) is 0 Å². The highest BCUT2D eigenvalue weighted by Gasteiger charge is 2.26. The van der Waals surface area contributed by atoms with Gasteiger partial charge in [0.2, 0.25) is 11.8 Å². The van der Waals surface area contributed by atoms with E-state index in [4.69, 9.17) is 9.15 Å². The second kappa shape index (κ2) is 8.22. The first kappa shape index (κ1) is 21.8. The molecule has 182 valence electrons. The largest absolute Gasteiger partial charge is 0.461 e. The van der Waals surface area contributed by atoms with Crippen LogP contribution in [0.3, 0.4) is 0 Å². The second-order valence-corrected chi connectivity index (χ2v) is 8.83. The zero-order valence-electron chi connectivity index (χ0n) is 19.5. The first-order valence-corrected chi connectivity index (χ1v) is 11.5. The quantitative estimate of drug-likeness (QED) is 0.279. The SMILES string of the molecule is CNC(=O)c1c(C)oc2ccc(Oc3cc(NC4CC4)n4ncc(/C=C5\CC(=O)NC5=O)c4n3)cc12. The fourth-order valence-corrected chi connectivity index (χ4v) is 4.25. The monoisotopic (exact) mass is 486 g/mol. The summed E-state index contributed by atoms with van der Waals surface area (Å²) in [5.41, 5.74) is 2.43. The molecule has 11 heteroatoms. The summed E-state index contributed by atoms with van der Waals surface area (Å²) in [5.74, 6) is 0.992. The summed E-state index contributed by atoms with van der Waals surface area (Å²) in [6, 6.07) is 7.33. The minimum absolute atomic E-state index is 0.0113. The molecule has 0 atom stereocenters. The van der Waals surface area contributed by atoms with Gasteiger partial charge in [0.25, 0.3) is 11.8 Å². The third-order valence-electron chi connectivity index (χ3n) is 6.14. The van der Waals surface area contributed by atoms with Gasteiger partial charge in [-0.05, 0) is 44.0 Å². The Kier molecular flexibility index (Phi) is 4.99. The lowest BCUT2D eigenvalue weighted by Crippen LogP contribution is -2.19. The number of fused-ring (bicyclic) bond motifs is 2. The van der Waals surface area contributed by atoms with Gasteiger partial charge in [-0.2, -0.15) is 14.6 Å². The lowest BCUT2D eigenvalue weighted by Gasteiger charge is -2.11. The molecule has 0 unspecified atom stereocenters. The number of ether oxygens (including phenoxy) is 1. The fraction of sp³-hybridized carbons (Fsp3) is 0.240. The third kappa shape index (κ3) is 3.84. The van der Waals surface area contributed by atoms with Gasteiger partial charge >= 0.3 is 0 Å². The number of hydrogen-bond donors (Lipinski definition) is 3. The van der Waals surface area contributed by atoms with Crippen molar-refractivity contribution in [1.82, 2.24) is 25.2 Å². The Balaban J connectivity index is 1.41. The molecule has 0 radical (unpaired) electrons. The number of imide groups is 1. The number of rotatable bonds is 6. The molecule has 11 nitrogen and oxygen atoms in total. The maximum absolute atomic E-state index is 12.4. The molecule has 1 aliphatic heterocycles. The summed E-state index contributed by atoms with van der Waals surface area (Å²) >= 11 is 0. The van der Waals surface area contributed by atoms with Crippen LogP contribution in [0.2, 0.25) is 0 Å². The molecule has 1 aliphatic carbocycles. The van der Waals surface area contributed by atoms with Crippen LogP contribution in [0.25, 0.3) is 22.7 Å². The summed E-state index contributed by atoms with van der Waals surface area (Å²) < 4.78 is 13.5. The molecular weight excluding hydrogens is 464 g/mol. The van der Waals surface area contributed by atoms with Crippen molar-refractivity contribution >= 4 is 46.2 Å². The van der Waals surface area contributed by atoms with Crippen LogP contribution < -0.4 is 20.7 Å². The van der Waals surface area contributed by atoms with Gasteiger partial charge in [0.05, 0.1) is 18.2 Å². The first-order chi connectivity index (χ1) is 17.4. The van der Waals surface area contributed by atoms with E-state index in [-0.39, 0.29) is 18.2 Å². The van der Waals surface area contributed by atoms with Crippen LogP contribution >= 0.6 is 0 Å². The molecule has 3 aromatic heterocycles. The van der Waals surface area contributed by atoms with Gasteiger partial charge in [0.15, 0.2) is 5.65 Å². The maximum atomic E-state index is 12.4. The van der Waals surface area contributed by atoms with Crippen LogP contribution in [-0.4, -0.2) is 45.4 Å². The number of anilines is 1. The van der Waals surface area contributed by atoms with Crippen molar-refractivity contribution in [2.75, 3.05) is 12.4 Å². The van der Waals surface area contributed by atoms with Crippen molar-refractivity contribution in [2.45, 2.75) is 32.2 Å². The zero-order chi connectivity index (χ0) is 25.0. The Hall–Kier alpha value is -4.67. The van der Waals surface area contributed by atoms with Crippen molar-refractivity contribution < 1.29 is 23.5 Å². The van der Waals surface area contributed by atoms with Crippen LogP contribution in [0.15, 0.2) is 40.5 Å². The molecule has 6 rings (SSSR count). The molecule has 1 aromatic carbocycles. The summed E-state index contributed by atoms with van der Waals surface area (Å²) in [6.07, 6.45) is 5.34. The topological polar surface area (TPSA) is 140 Å². The van der Waals surface area contributed by atoms with Crippen molar-refractivity contribution in [3.63, 3.8) is 0 Å². The van der Waals surface area contributed by atoms with E-state index in [1.54, 1.807) is 55.0 Å². The van der Waals surface area contributed by atoms with E-state index in [1.807, 2.05) is 0 Å². The molecule has 1 saturated carbocycles. The number of carbonyl (C=O) groups is 3. The predicted molar refractivity (Wildman–Crippen MR) is 130 cm³/mol. The van der Waals surface area contributed by atoms with E-state index in [0.717, 1.165) is 12.8 Å². The molecule has 4 aromatic rings. The standard InChI is InChI=1S/C25H22N6O5/c1-12-22(25(34)26-2)17-9-16(5-6-18(17)35-12)36-21-10-19(28-15-3-4-15)31-23(30-21)14(11-27-31)7-13-8-20(32)29-24(13)33/h5-7,9-11,15,28H,3-4,8H2,1-2H3,(H,26,34)(H,29,32,33)/b13-7+. The maximum Gasteiger partial charge on any atom is 0.255 e. The molecular formula is C25H22N6O5. The van der Waals surface area contributed by atoms with Gasteiger partial charge in [0, 0.05) is 35.7 Å². The lowest BCUT2D eigenvalue weighted by molar-refractivity contribution is -0.124. The highest BCUT2D eigenvalue weighted by Crippen LogP contribution is 2.33. The molecule has 36 heavy (non-hydrogen) atoms. The van der Waals surface area contributed by atoms with E-state index < -0.39 is 5.91 Å². The van der Waals surface area contributed by atoms with Crippen LogP contribution in [0.1, 0.15) is 40.9 Å². The smallest absolute Gasteiger partial charge is 0.255 e. The number of nitrogens with one attached hydrogen (secondary N) is 3. The summed E-state index contributed by atoms with van der Waals surface area (Å²) in [4.78, 5) is 40.7. The van der Waals surface area contributed by atoms with Crippen molar-refractivity contribution in [3.8, 4) is 11.6 Å². The third-order valence-corrected chi connectivity index (χ3v) is 6.14. The van der Waals surface area contributed by atoms with Crippen LogP contribution in [0.5, 0.6) is 11.6 Å². The highest BCUT2D eigenvalue weighted by atomic mass is 16.5. The van der Waals surface area contributed by atoms with Gasteiger partial charge in [-0.25, -0.2) is 0 Å². The minimum atomic E-state index is -0.418. The van der Waals surface area contributed by atoms with Crippen molar-refractivity contribution in [3.05, 3.63) is 52.9 Å². The first-order valence-electron chi connectivity index (χ1n) is 11.5. The van der Waals surface area contributed by atoms with Crippen LogP contribution in [0.4, 0.5) is 5.82 Å². The predicted octanol–water partition coefficient (Wildman–Crippen LogP) is 2.94. The Morgan fingerprint density at radius 2 is 2.11 bits per heavy atom. The van der Waals surface area contributed by atoms with E-state index in [9.17, 15) is 14.4 Å². The van der Waals surface area contributed by atoms with Crippen LogP contribution in [-0.2, 0) is 9.59 Å². The van der Waals surface area contributed by atoms with Gasteiger partial charge in [-0.3, -0.25) is 19.7 Å². The highest BCUT2D eigenvalue weighted by molar-refractivity contribution is 6.15. The zero-order valence-corrected chi connectivity index (χ0v) is 19.5. The molecule has 3 amide bonds. The minimum Gasteiger partial charge on any atom is -0.461 e. The molecule has 2 aliphatic rings. The Bertz CT molecular complexity index is 1610. The Labute approximate surface area is 204 Å². The number of aromatic nitrogens is 3. The van der Waals surface area contributed by atoms with Gasteiger partial charge in [-0.15, -0.1) is 0 Å². The number of hydrogen-bond acceptors (Lipinski definition) is 8. The molecule has 4 heterocycles. The number of carbonyl (C=O) groups excluding carboxylic acids is 3. The number of nitrogens with zero attached hydrogens (tertiary/aromatic N) is 3. The van der Waals surface area contributed by atoms with Crippen molar-refractivity contribution in [2.24, 2.45) is 0 Å². The van der Waals surface area contributed by atoms with Gasteiger partial charge < -0.3 is 19.8 Å². The average Bonchev–Trinajstić information content (AvgIpc) is 3.35. The molecule has 1 saturated heterocycles. The lowest BCUT2D eigenvalue weighted by atomic mass is 10.1. The number of amides is 3. The normalized spacial score (nSPS) is 16.7. The second-order valence-electron chi connectivity index (χ2n) is 8.83. The summed E-state index contributed by atoms with van der Waals surface area (Å²) in [5, 5.41) is 13.4. The molecule has 2 fully saturated rings. The van der Waals surface area contributed by atoms with E-state index in [0.29, 0.717) is 62.6 Å². The van der Waals surface area contributed by atoms with E-state index in [2.05, 4.69) is 26.0 Å². The molecule has 0 bridgehead atoms. The Morgan fingerprint density at radius 1 is 1.28 bits per heavy atom. The molecule has 0 spiro atoms. The number of aryl methyl sites for hydroxylation is 1. The molecule has 3 N–H and O–H groups in total. The number of benzene rings is 1. The fourth-order valence-electron chi connectivity index (χ4n) is 4.25. The summed E-state index contributed by atoms with van der Waals surface area (Å²) in [6.45, 7) is 1.74. The van der Waals surface area contributed by atoms with Gasteiger partial charge in [0.1, 0.15) is 22.9 Å². The van der Waals surface area contributed by atoms with Crippen molar-refractivity contribution in [1.29, 1.82) is 0 Å².